The van der Waals surface area contributed by atoms with Crippen molar-refractivity contribution in [3.05, 3.63) is 88.6 Å². The minimum absolute atomic E-state index is 0.528. The highest BCUT2D eigenvalue weighted by atomic mass is 35.5. The first-order valence-electron chi connectivity index (χ1n) is 8.21. The van der Waals surface area contributed by atoms with Gasteiger partial charge in [0.05, 0.1) is 24.2 Å². The van der Waals surface area contributed by atoms with Crippen molar-refractivity contribution in [3.63, 3.8) is 0 Å². The van der Waals surface area contributed by atoms with E-state index in [1.807, 2.05) is 30.7 Å². The Bertz CT molecular complexity index is 1150. The molecule has 0 bridgehead atoms. The van der Waals surface area contributed by atoms with E-state index in [2.05, 4.69) is 41.8 Å². The number of halogens is 1. The van der Waals surface area contributed by atoms with Crippen molar-refractivity contribution >= 4 is 28.1 Å². The molecule has 4 heteroatoms. The molecule has 3 nitrogen and oxygen atoms in total. The van der Waals surface area contributed by atoms with Crippen LogP contribution in [0.15, 0.2) is 70.4 Å². The van der Waals surface area contributed by atoms with Crippen molar-refractivity contribution in [2.24, 2.45) is 4.99 Å². The smallest absolute Gasteiger partial charge is 0.161 e. The molecule has 0 saturated heterocycles. The Morgan fingerprint density at radius 1 is 1.04 bits per heavy atom. The summed E-state index contributed by atoms with van der Waals surface area (Å²) in [6.07, 6.45) is 3.86. The summed E-state index contributed by atoms with van der Waals surface area (Å²) in [5.41, 5.74) is 5.17. The van der Waals surface area contributed by atoms with Crippen LogP contribution >= 0.6 is 11.6 Å². The zero-order valence-electron chi connectivity index (χ0n) is 13.7. The molecule has 0 amide bonds. The summed E-state index contributed by atoms with van der Waals surface area (Å²) in [5.74, 6) is 0.808. The van der Waals surface area contributed by atoms with Gasteiger partial charge in [-0.2, -0.15) is 0 Å². The first-order valence-corrected chi connectivity index (χ1v) is 8.59. The van der Waals surface area contributed by atoms with E-state index in [4.69, 9.17) is 21.0 Å². The van der Waals surface area contributed by atoms with Gasteiger partial charge in [0.2, 0.25) is 0 Å². The van der Waals surface area contributed by atoms with Crippen LogP contribution in [-0.2, 0) is 6.54 Å². The summed E-state index contributed by atoms with van der Waals surface area (Å²) in [6.45, 7) is 2.62. The highest BCUT2D eigenvalue weighted by molar-refractivity contribution is 6.31. The number of rotatable bonds is 1. The van der Waals surface area contributed by atoms with Gasteiger partial charge in [-0.05, 0) is 36.8 Å². The molecule has 25 heavy (non-hydrogen) atoms. The third kappa shape index (κ3) is 2.09. The Morgan fingerprint density at radius 3 is 2.84 bits per heavy atom. The lowest BCUT2D eigenvalue weighted by atomic mass is 10.1. The van der Waals surface area contributed by atoms with Crippen LogP contribution in [-0.4, -0.2) is 10.3 Å². The van der Waals surface area contributed by atoms with Crippen LogP contribution in [0.3, 0.4) is 0 Å². The average Bonchev–Trinajstić information content (AvgIpc) is 3.22. The number of aliphatic imine (C=N–C) groups is 1. The van der Waals surface area contributed by atoms with Crippen LogP contribution in [0.2, 0.25) is 5.02 Å². The lowest BCUT2D eigenvalue weighted by molar-refractivity contribution is 0.562. The van der Waals surface area contributed by atoms with Crippen molar-refractivity contribution in [3.8, 4) is 5.69 Å². The van der Waals surface area contributed by atoms with Crippen LogP contribution in [0, 0.1) is 6.92 Å². The van der Waals surface area contributed by atoms with E-state index in [9.17, 15) is 0 Å². The quantitative estimate of drug-likeness (QED) is 0.445. The van der Waals surface area contributed by atoms with Crippen LogP contribution in [0.25, 0.3) is 16.5 Å². The fourth-order valence-corrected chi connectivity index (χ4v) is 3.77. The summed E-state index contributed by atoms with van der Waals surface area (Å²) in [4.78, 5) is 4.88. The minimum Gasteiger partial charge on any atom is -0.461 e. The molecule has 0 atom stereocenters. The van der Waals surface area contributed by atoms with Crippen molar-refractivity contribution in [2.75, 3.05) is 0 Å². The maximum atomic E-state index is 6.43. The van der Waals surface area contributed by atoms with E-state index >= 15 is 0 Å². The molecule has 5 rings (SSSR count). The van der Waals surface area contributed by atoms with Crippen molar-refractivity contribution in [2.45, 2.75) is 13.5 Å². The zero-order chi connectivity index (χ0) is 17.0. The number of nitrogens with zero attached hydrogens (tertiary/aromatic N) is 2. The van der Waals surface area contributed by atoms with Gasteiger partial charge in [0.1, 0.15) is 5.71 Å². The van der Waals surface area contributed by atoms with Gasteiger partial charge in [-0.1, -0.05) is 35.9 Å². The second-order valence-corrected chi connectivity index (χ2v) is 6.67. The van der Waals surface area contributed by atoms with E-state index < -0.39 is 0 Å². The van der Waals surface area contributed by atoms with Crippen LogP contribution in [0.5, 0.6) is 0 Å². The molecule has 4 aromatic rings. The number of hydrogen-bond donors (Lipinski definition) is 0. The Kier molecular flexibility index (Phi) is 3.12. The summed E-state index contributed by atoms with van der Waals surface area (Å²) in [7, 11) is 0. The first-order chi connectivity index (χ1) is 12.2. The number of hydrogen-bond acceptors (Lipinski definition) is 2. The van der Waals surface area contributed by atoms with Crippen molar-refractivity contribution in [1.29, 1.82) is 0 Å². The van der Waals surface area contributed by atoms with Gasteiger partial charge in [-0.3, -0.25) is 4.99 Å². The predicted molar refractivity (Wildman–Crippen MR) is 101 cm³/mol. The van der Waals surface area contributed by atoms with Gasteiger partial charge >= 0.3 is 0 Å². The molecular formula is C21H15ClN2O. The topological polar surface area (TPSA) is 30.4 Å². The molecule has 0 radical (unpaired) electrons. The largest absolute Gasteiger partial charge is 0.461 e. The van der Waals surface area contributed by atoms with Gasteiger partial charge in [0.15, 0.2) is 5.76 Å². The van der Waals surface area contributed by atoms with Crippen molar-refractivity contribution < 1.29 is 4.42 Å². The number of aryl methyl sites for hydroxylation is 1. The van der Waals surface area contributed by atoms with Gasteiger partial charge in [0, 0.05) is 27.6 Å². The molecule has 0 unspecified atom stereocenters. The van der Waals surface area contributed by atoms with Crippen LogP contribution < -0.4 is 0 Å². The lowest BCUT2D eigenvalue weighted by Crippen LogP contribution is -2.07. The summed E-state index contributed by atoms with van der Waals surface area (Å²) in [6, 6.07) is 16.3. The second kappa shape index (κ2) is 5.36. The fraction of sp³-hybridized carbons (Fsp3) is 0.0952. The molecule has 2 aromatic heterocycles. The Hall–Kier alpha value is -2.78. The number of furan rings is 1. The summed E-state index contributed by atoms with van der Waals surface area (Å²) in [5, 5.41) is 2.95. The molecular weight excluding hydrogens is 332 g/mol. The normalized spacial score (nSPS) is 13.3. The summed E-state index contributed by atoms with van der Waals surface area (Å²) >= 11 is 6.43. The number of fused-ring (bicyclic) bond motifs is 4. The molecule has 3 heterocycles. The van der Waals surface area contributed by atoms with E-state index in [1.54, 1.807) is 0 Å². The molecule has 1 aliphatic rings. The van der Waals surface area contributed by atoms with Crippen molar-refractivity contribution in [1.82, 2.24) is 4.57 Å². The van der Waals surface area contributed by atoms with Crippen LogP contribution in [0.4, 0.5) is 0 Å². The number of aromatic nitrogens is 1. The highest BCUT2D eigenvalue weighted by Crippen LogP contribution is 2.32. The van der Waals surface area contributed by atoms with E-state index in [1.165, 1.54) is 5.56 Å². The molecule has 0 fully saturated rings. The number of benzene rings is 2. The Balaban J connectivity index is 1.79. The SMILES string of the molecule is Cc1cccc2c(C3=NCc4c(Cl)cccc4-n4cccc43)occ12. The maximum Gasteiger partial charge on any atom is 0.161 e. The van der Waals surface area contributed by atoms with Gasteiger partial charge in [0.25, 0.3) is 0 Å². The maximum absolute atomic E-state index is 6.43. The van der Waals surface area contributed by atoms with E-state index in [0.29, 0.717) is 6.54 Å². The molecule has 0 spiro atoms. The average molecular weight is 347 g/mol. The highest BCUT2D eigenvalue weighted by Gasteiger charge is 2.23. The second-order valence-electron chi connectivity index (χ2n) is 6.27. The fourth-order valence-electron chi connectivity index (χ4n) is 3.54. The molecule has 0 N–H and O–H groups in total. The molecule has 122 valence electrons. The first kappa shape index (κ1) is 14.6. The zero-order valence-corrected chi connectivity index (χ0v) is 14.4. The third-order valence-corrected chi connectivity index (χ3v) is 5.17. The van der Waals surface area contributed by atoms with Gasteiger partial charge in [-0.25, -0.2) is 0 Å². The molecule has 2 aromatic carbocycles. The summed E-state index contributed by atoms with van der Waals surface area (Å²) < 4.78 is 8.11. The van der Waals surface area contributed by atoms with Gasteiger partial charge in [-0.15, -0.1) is 0 Å². The van der Waals surface area contributed by atoms with E-state index in [0.717, 1.165) is 44.2 Å². The minimum atomic E-state index is 0.528. The third-order valence-electron chi connectivity index (χ3n) is 4.82. The lowest BCUT2D eigenvalue weighted by Gasteiger charge is -2.11. The monoisotopic (exact) mass is 346 g/mol. The molecule has 0 saturated carbocycles. The molecule has 1 aliphatic heterocycles. The van der Waals surface area contributed by atoms with E-state index in [-0.39, 0.29) is 0 Å². The standard InChI is InChI=1S/C21H15ClN2O/c1-13-5-2-6-14-16(13)12-25-21(14)20-19-9-4-10-24(19)18-8-3-7-17(22)15(18)11-23-20/h2-10,12H,11H2,1H3. The Morgan fingerprint density at radius 2 is 1.92 bits per heavy atom. The molecule has 0 aliphatic carbocycles. The predicted octanol–water partition coefficient (Wildman–Crippen LogP) is 5.54. The van der Waals surface area contributed by atoms with Crippen LogP contribution in [0.1, 0.15) is 22.6 Å². The van der Waals surface area contributed by atoms with Gasteiger partial charge < -0.3 is 8.98 Å². The Labute approximate surface area is 150 Å².